The van der Waals surface area contributed by atoms with E-state index in [-0.39, 0.29) is 17.9 Å². The van der Waals surface area contributed by atoms with Crippen LogP contribution in [0.4, 0.5) is 13.2 Å². The van der Waals surface area contributed by atoms with Crippen LogP contribution in [0.2, 0.25) is 0 Å². The van der Waals surface area contributed by atoms with Crippen molar-refractivity contribution in [3.63, 3.8) is 0 Å². The molecule has 0 saturated carbocycles. The molecule has 0 bridgehead atoms. The Labute approximate surface area is 160 Å². The van der Waals surface area contributed by atoms with Gasteiger partial charge >= 0.3 is 12.1 Å². The molecule has 2 aliphatic rings. The molecule has 1 aromatic rings. The largest absolute Gasteiger partial charge is 0.490 e. The number of halogens is 3. The second-order valence-electron chi connectivity index (χ2n) is 6.93. The molecule has 2 aliphatic heterocycles. The number of carbonyl (C=O) groups is 2. The van der Waals surface area contributed by atoms with Crippen LogP contribution < -0.4 is 5.32 Å². The van der Waals surface area contributed by atoms with E-state index >= 15 is 0 Å². The summed E-state index contributed by atoms with van der Waals surface area (Å²) in [5, 5.41) is 14.2. The standard InChI is InChI=1S/C15H24N4O2.C2HF3O2/c1-16-15(20)12-4-6-21-14-3-5-19(10-13(12)14)9-11-7-17-18(2)8-11;3-2(4,5)1(6)7/h7-8,12-14H,3-6,9-10H2,1-2H3,(H,16,20);(H,6,7)/t12-,13+,14-;/m1./s1. The summed E-state index contributed by atoms with van der Waals surface area (Å²) < 4.78 is 39.5. The Balaban J connectivity index is 0.000000345. The SMILES string of the molecule is CNC(=O)[C@@H]1CCO[C@@H]2CCN(Cc3cnn(C)c3)C[C@H]21.O=C(O)C(F)(F)F. The lowest BCUT2D eigenvalue weighted by Gasteiger charge is -2.44. The van der Waals surface area contributed by atoms with Crippen LogP contribution in [0, 0.1) is 11.8 Å². The molecule has 3 atom stereocenters. The fourth-order valence-electron chi connectivity index (χ4n) is 3.65. The van der Waals surface area contributed by atoms with Gasteiger partial charge in [-0.3, -0.25) is 14.4 Å². The molecule has 3 heterocycles. The number of hydrogen-bond acceptors (Lipinski definition) is 5. The van der Waals surface area contributed by atoms with Crippen molar-refractivity contribution in [2.24, 2.45) is 18.9 Å². The number of fused-ring (bicyclic) bond motifs is 1. The highest BCUT2D eigenvalue weighted by Crippen LogP contribution is 2.33. The molecule has 28 heavy (non-hydrogen) atoms. The van der Waals surface area contributed by atoms with Gasteiger partial charge in [-0.1, -0.05) is 0 Å². The fraction of sp³-hybridized carbons (Fsp3) is 0.706. The van der Waals surface area contributed by atoms with Crippen molar-refractivity contribution >= 4 is 11.9 Å². The van der Waals surface area contributed by atoms with Gasteiger partial charge in [0, 0.05) is 63.9 Å². The third-order valence-electron chi connectivity index (χ3n) is 4.94. The molecule has 11 heteroatoms. The Hall–Kier alpha value is -2.14. The number of carboxylic acids is 1. The summed E-state index contributed by atoms with van der Waals surface area (Å²) in [6.07, 6.45) is 0.977. The molecule has 0 radical (unpaired) electrons. The van der Waals surface area contributed by atoms with Gasteiger partial charge < -0.3 is 15.2 Å². The fourth-order valence-corrected chi connectivity index (χ4v) is 3.65. The Morgan fingerprint density at radius 2 is 2.07 bits per heavy atom. The third-order valence-corrected chi connectivity index (χ3v) is 4.94. The van der Waals surface area contributed by atoms with Gasteiger partial charge in [0.15, 0.2) is 0 Å². The van der Waals surface area contributed by atoms with Crippen molar-refractivity contribution in [1.82, 2.24) is 20.0 Å². The molecule has 0 unspecified atom stereocenters. The van der Waals surface area contributed by atoms with Crippen LogP contribution in [0.1, 0.15) is 18.4 Å². The van der Waals surface area contributed by atoms with E-state index in [0.717, 1.165) is 32.5 Å². The maximum atomic E-state index is 12.1. The average Bonchev–Trinajstić information content (AvgIpc) is 3.05. The molecule has 2 N–H and O–H groups in total. The molecule has 0 aromatic carbocycles. The first-order chi connectivity index (χ1) is 13.1. The van der Waals surface area contributed by atoms with Gasteiger partial charge in [-0.25, -0.2) is 4.79 Å². The lowest BCUT2D eigenvalue weighted by atomic mass is 9.79. The molecule has 2 fully saturated rings. The second kappa shape index (κ2) is 9.37. The number of likely N-dealkylation sites (tertiary alicyclic amines) is 1. The van der Waals surface area contributed by atoms with Crippen molar-refractivity contribution < 1.29 is 32.6 Å². The van der Waals surface area contributed by atoms with Crippen LogP contribution in [-0.4, -0.2) is 70.7 Å². The maximum Gasteiger partial charge on any atom is 0.490 e. The Kier molecular flexibility index (Phi) is 7.41. The van der Waals surface area contributed by atoms with Gasteiger partial charge in [0.2, 0.25) is 5.91 Å². The predicted molar refractivity (Wildman–Crippen MR) is 92.2 cm³/mol. The predicted octanol–water partition coefficient (Wildman–Crippen LogP) is 1.03. The van der Waals surface area contributed by atoms with E-state index in [1.807, 2.05) is 17.9 Å². The average molecular weight is 406 g/mol. The van der Waals surface area contributed by atoms with Crippen molar-refractivity contribution in [2.75, 3.05) is 26.7 Å². The molecule has 0 spiro atoms. The first-order valence-corrected chi connectivity index (χ1v) is 8.95. The summed E-state index contributed by atoms with van der Waals surface area (Å²) in [6.45, 7) is 3.56. The van der Waals surface area contributed by atoms with Crippen LogP contribution in [0.25, 0.3) is 0 Å². The van der Waals surface area contributed by atoms with Crippen molar-refractivity contribution in [1.29, 1.82) is 0 Å². The number of carboxylic acid groups (broad SMARTS) is 1. The van der Waals surface area contributed by atoms with Gasteiger partial charge in [0.05, 0.1) is 12.3 Å². The van der Waals surface area contributed by atoms with E-state index in [1.54, 1.807) is 7.05 Å². The molecular weight excluding hydrogens is 381 g/mol. The maximum absolute atomic E-state index is 12.1. The van der Waals surface area contributed by atoms with Gasteiger partial charge in [-0.15, -0.1) is 0 Å². The summed E-state index contributed by atoms with van der Waals surface area (Å²) in [4.78, 5) is 23.4. The lowest BCUT2D eigenvalue weighted by molar-refractivity contribution is -0.192. The molecule has 0 aliphatic carbocycles. The molecular formula is C17H25F3N4O4. The van der Waals surface area contributed by atoms with Crippen molar-refractivity contribution in [3.05, 3.63) is 18.0 Å². The number of aryl methyl sites for hydroxylation is 1. The van der Waals surface area contributed by atoms with Gasteiger partial charge in [0.1, 0.15) is 0 Å². The number of amides is 1. The van der Waals surface area contributed by atoms with E-state index in [2.05, 4.69) is 21.5 Å². The molecule has 158 valence electrons. The normalized spacial score (nSPS) is 25.2. The molecule has 2 saturated heterocycles. The number of ether oxygens (including phenoxy) is 1. The zero-order valence-electron chi connectivity index (χ0n) is 15.8. The number of carbonyl (C=O) groups excluding carboxylic acids is 1. The first-order valence-electron chi connectivity index (χ1n) is 8.95. The number of nitrogens with zero attached hydrogens (tertiary/aromatic N) is 3. The quantitative estimate of drug-likeness (QED) is 0.778. The number of piperidine rings is 1. The Bertz CT molecular complexity index is 680. The molecule has 1 aromatic heterocycles. The lowest BCUT2D eigenvalue weighted by Crippen LogP contribution is -2.52. The van der Waals surface area contributed by atoms with E-state index < -0.39 is 12.1 Å². The molecule has 8 nitrogen and oxygen atoms in total. The highest BCUT2D eigenvalue weighted by molar-refractivity contribution is 5.78. The van der Waals surface area contributed by atoms with Crippen LogP contribution in [-0.2, 0) is 27.9 Å². The third kappa shape index (κ3) is 5.93. The highest BCUT2D eigenvalue weighted by Gasteiger charge is 2.41. The van der Waals surface area contributed by atoms with Gasteiger partial charge in [0.25, 0.3) is 0 Å². The van der Waals surface area contributed by atoms with Crippen LogP contribution >= 0.6 is 0 Å². The molecule has 3 rings (SSSR count). The zero-order chi connectivity index (χ0) is 20.9. The van der Waals surface area contributed by atoms with Crippen molar-refractivity contribution in [2.45, 2.75) is 31.7 Å². The summed E-state index contributed by atoms with van der Waals surface area (Å²) in [6, 6.07) is 0. The minimum absolute atomic E-state index is 0.0884. The minimum Gasteiger partial charge on any atom is -0.475 e. The minimum atomic E-state index is -5.08. The number of hydrogen-bond donors (Lipinski definition) is 2. The smallest absolute Gasteiger partial charge is 0.475 e. The first kappa shape index (κ1) is 22.2. The monoisotopic (exact) mass is 406 g/mol. The van der Waals surface area contributed by atoms with Gasteiger partial charge in [-0.2, -0.15) is 18.3 Å². The number of rotatable bonds is 3. The zero-order valence-corrected chi connectivity index (χ0v) is 15.8. The second-order valence-corrected chi connectivity index (χ2v) is 6.93. The van der Waals surface area contributed by atoms with E-state index in [4.69, 9.17) is 14.6 Å². The highest BCUT2D eigenvalue weighted by atomic mass is 19.4. The van der Waals surface area contributed by atoms with Crippen molar-refractivity contribution in [3.8, 4) is 0 Å². The summed E-state index contributed by atoms with van der Waals surface area (Å²) in [5.41, 5.74) is 1.23. The summed E-state index contributed by atoms with van der Waals surface area (Å²) in [5.74, 6) is -2.20. The van der Waals surface area contributed by atoms with E-state index in [0.29, 0.717) is 12.5 Å². The Morgan fingerprint density at radius 3 is 2.61 bits per heavy atom. The number of nitrogens with one attached hydrogen (secondary N) is 1. The summed E-state index contributed by atoms with van der Waals surface area (Å²) >= 11 is 0. The number of aliphatic carboxylic acids is 1. The number of alkyl halides is 3. The molecule has 1 amide bonds. The summed E-state index contributed by atoms with van der Waals surface area (Å²) in [7, 11) is 3.66. The van der Waals surface area contributed by atoms with E-state index in [9.17, 15) is 18.0 Å². The van der Waals surface area contributed by atoms with Gasteiger partial charge in [-0.05, 0) is 12.8 Å². The number of aromatic nitrogens is 2. The van der Waals surface area contributed by atoms with E-state index in [1.165, 1.54) is 5.56 Å². The van der Waals surface area contributed by atoms with Crippen LogP contribution in [0.15, 0.2) is 12.4 Å². The van der Waals surface area contributed by atoms with Crippen LogP contribution in [0.3, 0.4) is 0 Å². The Morgan fingerprint density at radius 1 is 1.39 bits per heavy atom. The topological polar surface area (TPSA) is 96.7 Å². The van der Waals surface area contributed by atoms with Crippen LogP contribution in [0.5, 0.6) is 0 Å².